The van der Waals surface area contributed by atoms with Crippen LogP contribution in [0.5, 0.6) is 0 Å². The van der Waals surface area contributed by atoms with E-state index in [0.29, 0.717) is 10.6 Å². The third-order valence-corrected chi connectivity index (χ3v) is 4.41. The maximum Gasteiger partial charge on any atom is 0.352 e. The van der Waals surface area contributed by atoms with Crippen LogP contribution in [0.2, 0.25) is 24.7 Å². The monoisotopic (exact) mass is 387 g/mol. The van der Waals surface area contributed by atoms with Gasteiger partial charge in [-0.15, -0.1) is 0 Å². The zero-order chi connectivity index (χ0) is 19.3. The zero-order valence-corrected chi connectivity index (χ0v) is 17.3. The Labute approximate surface area is 155 Å². The molecule has 8 heteroatoms. The summed E-state index contributed by atoms with van der Waals surface area (Å²) in [7, 11) is 0.680. The summed E-state index contributed by atoms with van der Waals surface area (Å²) in [6.07, 6.45) is 0. The number of halogens is 1. The molecule has 0 saturated carbocycles. The van der Waals surface area contributed by atoms with Gasteiger partial charge in [0, 0.05) is 24.7 Å². The molecule has 1 rings (SSSR count). The number of rotatable bonds is 8. The van der Waals surface area contributed by atoms with E-state index in [9.17, 15) is 9.59 Å². The first-order chi connectivity index (χ1) is 11.6. The number of benzene rings is 1. The van der Waals surface area contributed by atoms with E-state index < -0.39 is 25.8 Å². The number of ether oxygens (including phenoxy) is 2. The SMILES string of the molecule is CCOC(=O)C(O[Si](C)(C)C)(C(=O)N(C)COC)c1ccc(Cl)cc1. The van der Waals surface area contributed by atoms with Crippen molar-refractivity contribution in [3.63, 3.8) is 0 Å². The van der Waals surface area contributed by atoms with Crippen LogP contribution in [0.4, 0.5) is 0 Å². The van der Waals surface area contributed by atoms with Gasteiger partial charge in [-0.1, -0.05) is 23.7 Å². The molecule has 0 aliphatic heterocycles. The van der Waals surface area contributed by atoms with Crippen molar-refractivity contribution in [3.05, 3.63) is 34.9 Å². The minimum absolute atomic E-state index is 0.0165. The van der Waals surface area contributed by atoms with Crippen molar-refractivity contribution in [3.8, 4) is 0 Å². The Morgan fingerprint density at radius 2 is 1.76 bits per heavy atom. The summed E-state index contributed by atoms with van der Waals surface area (Å²) in [6, 6.07) is 6.44. The molecule has 1 amide bonds. The molecule has 0 bridgehead atoms. The Hall–Kier alpha value is -1.41. The summed E-state index contributed by atoms with van der Waals surface area (Å²) in [6.45, 7) is 7.54. The third kappa shape index (κ3) is 5.28. The van der Waals surface area contributed by atoms with Gasteiger partial charge < -0.3 is 18.8 Å². The summed E-state index contributed by atoms with van der Waals surface area (Å²) in [4.78, 5) is 27.5. The number of carbonyl (C=O) groups excluding carboxylic acids is 2. The van der Waals surface area contributed by atoms with E-state index in [1.807, 2.05) is 19.6 Å². The average molecular weight is 388 g/mol. The van der Waals surface area contributed by atoms with Crippen LogP contribution >= 0.6 is 11.6 Å². The van der Waals surface area contributed by atoms with E-state index >= 15 is 0 Å². The second-order valence-electron chi connectivity index (χ2n) is 6.54. The van der Waals surface area contributed by atoms with Crippen LogP contribution in [0, 0.1) is 0 Å². The molecule has 6 nitrogen and oxygen atoms in total. The molecule has 1 aromatic rings. The van der Waals surface area contributed by atoms with Gasteiger partial charge in [-0.3, -0.25) is 4.79 Å². The molecule has 0 radical (unpaired) electrons. The summed E-state index contributed by atoms with van der Waals surface area (Å²) >= 11 is 5.96. The zero-order valence-electron chi connectivity index (χ0n) is 15.6. The van der Waals surface area contributed by atoms with E-state index in [1.54, 1.807) is 38.2 Å². The fourth-order valence-electron chi connectivity index (χ4n) is 2.37. The molecule has 0 heterocycles. The van der Waals surface area contributed by atoms with Gasteiger partial charge in [-0.2, -0.15) is 0 Å². The molecule has 1 aromatic carbocycles. The highest BCUT2D eigenvalue weighted by atomic mass is 35.5. The number of methoxy groups -OCH3 is 1. The fraction of sp³-hybridized carbons (Fsp3) is 0.529. The fourth-order valence-corrected chi connectivity index (χ4v) is 3.70. The Morgan fingerprint density at radius 1 is 1.20 bits per heavy atom. The Kier molecular flexibility index (Phi) is 7.61. The van der Waals surface area contributed by atoms with E-state index in [1.165, 1.54) is 12.0 Å². The largest absolute Gasteiger partial charge is 0.463 e. The summed E-state index contributed by atoms with van der Waals surface area (Å²) in [5.41, 5.74) is -1.51. The van der Waals surface area contributed by atoms with Gasteiger partial charge in [-0.05, 0) is 38.7 Å². The normalized spacial score (nSPS) is 13.9. The molecule has 1 atom stereocenters. The van der Waals surface area contributed by atoms with Gasteiger partial charge in [0.25, 0.3) is 11.5 Å². The first-order valence-corrected chi connectivity index (χ1v) is 11.7. The number of esters is 1. The minimum atomic E-state index is -2.33. The van der Waals surface area contributed by atoms with Crippen LogP contribution in [0.3, 0.4) is 0 Å². The van der Waals surface area contributed by atoms with E-state index in [2.05, 4.69) is 0 Å². The molecular formula is C17H26ClNO5Si. The average Bonchev–Trinajstić information content (AvgIpc) is 2.52. The molecule has 0 spiro atoms. The van der Waals surface area contributed by atoms with Crippen LogP contribution in [0.1, 0.15) is 12.5 Å². The number of hydrogen-bond donors (Lipinski definition) is 0. The predicted octanol–water partition coefficient (Wildman–Crippen LogP) is 3.01. The third-order valence-electron chi connectivity index (χ3n) is 3.24. The molecule has 0 saturated heterocycles. The summed E-state index contributed by atoms with van der Waals surface area (Å²) in [5.74, 6) is -1.29. The molecule has 25 heavy (non-hydrogen) atoms. The molecule has 1 unspecified atom stereocenters. The van der Waals surface area contributed by atoms with Gasteiger partial charge in [-0.25, -0.2) is 4.79 Å². The van der Waals surface area contributed by atoms with Crippen LogP contribution in [-0.2, 0) is 29.1 Å². The highest BCUT2D eigenvalue weighted by Crippen LogP contribution is 2.34. The van der Waals surface area contributed by atoms with Crippen molar-refractivity contribution in [2.45, 2.75) is 32.2 Å². The smallest absolute Gasteiger partial charge is 0.352 e. The van der Waals surface area contributed by atoms with Crippen molar-refractivity contribution >= 4 is 31.8 Å². The number of likely N-dealkylation sites (N-methyl/N-ethyl adjacent to an activating group) is 1. The highest BCUT2D eigenvalue weighted by Gasteiger charge is 2.54. The topological polar surface area (TPSA) is 65.1 Å². The first-order valence-electron chi connectivity index (χ1n) is 7.96. The van der Waals surface area contributed by atoms with Crippen molar-refractivity contribution < 1.29 is 23.5 Å². The van der Waals surface area contributed by atoms with Crippen LogP contribution in [0.25, 0.3) is 0 Å². The predicted molar refractivity (Wildman–Crippen MR) is 98.8 cm³/mol. The molecule has 140 valence electrons. The quantitative estimate of drug-likeness (QED) is 0.297. The molecule has 0 fully saturated rings. The van der Waals surface area contributed by atoms with Gasteiger partial charge in [0.15, 0.2) is 8.32 Å². The van der Waals surface area contributed by atoms with Crippen molar-refractivity contribution in [2.24, 2.45) is 0 Å². The molecule has 0 aliphatic rings. The number of nitrogens with zero attached hydrogens (tertiary/aromatic N) is 1. The lowest BCUT2D eigenvalue weighted by atomic mass is 9.92. The molecule has 0 aromatic heterocycles. The van der Waals surface area contributed by atoms with E-state index in [-0.39, 0.29) is 13.3 Å². The van der Waals surface area contributed by atoms with Crippen molar-refractivity contribution in [1.82, 2.24) is 4.90 Å². The maximum absolute atomic E-state index is 13.2. The lowest BCUT2D eigenvalue weighted by Gasteiger charge is -2.38. The van der Waals surface area contributed by atoms with Crippen molar-refractivity contribution in [1.29, 1.82) is 0 Å². The number of amides is 1. The lowest BCUT2D eigenvalue weighted by molar-refractivity contribution is -0.176. The lowest BCUT2D eigenvalue weighted by Crippen LogP contribution is -2.57. The Morgan fingerprint density at radius 3 is 2.20 bits per heavy atom. The standard InChI is InChI=1S/C17H26ClNO5Si/c1-7-23-16(21)17(24-25(4,5)6,15(20)19(2)12-22-3)13-8-10-14(18)11-9-13/h8-11H,7,12H2,1-6H3. The van der Waals surface area contributed by atoms with Crippen LogP contribution in [-0.4, -0.2) is 52.6 Å². The molecule has 0 aliphatic carbocycles. The van der Waals surface area contributed by atoms with Gasteiger partial charge >= 0.3 is 5.97 Å². The maximum atomic E-state index is 13.2. The Bertz CT molecular complexity index is 602. The summed E-state index contributed by atoms with van der Waals surface area (Å²) in [5, 5.41) is 0.493. The highest BCUT2D eigenvalue weighted by molar-refractivity contribution is 6.70. The summed E-state index contributed by atoms with van der Waals surface area (Å²) < 4.78 is 16.4. The van der Waals surface area contributed by atoms with E-state index in [4.69, 9.17) is 25.5 Å². The molecule has 0 N–H and O–H groups in total. The van der Waals surface area contributed by atoms with Gasteiger partial charge in [0.05, 0.1) is 6.61 Å². The van der Waals surface area contributed by atoms with Gasteiger partial charge in [0.2, 0.25) is 0 Å². The van der Waals surface area contributed by atoms with Gasteiger partial charge in [0.1, 0.15) is 6.73 Å². The first kappa shape index (κ1) is 21.6. The second kappa shape index (κ2) is 8.80. The van der Waals surface area contributed by atoms with Crippen LogP contribution < -0.4 is 0 Å². The minimum Gasteiger partial charge on any atom is -0.463 e. The van der Waals surface area contributed by atoms with E-state index in [0.717, 1.165) is 0 Å². The Balaban J connectivity index is 3.59. The number of hydrogen-bond acceptors (Lipinski definition) is 5. The molecular weight excluding hydrogens is 362 g/mol. The van der Waals surface area contributed by atoms with Crippen molar-refractivity contribution in [2.75, 3.05) is 27.5 Å². The van der Waals surface area contributed by atoms with Crippen LogP contribution in [0.15, 0.2) is 24.3 Å². The number of carbonyl (C=O) groups is 2. The second-order valence-corrected chi connectivity index (χ2v) is 11.4.